The van der Waals surface area contributed by atoms with Crippen molar-refractivity contribution in [2.24, 2.45) is 0 Å². The molecule has 0 aliphatic carbocycles. The van der Waals surface area contributed by atoms with E-state index in [4.69, 9.17) is 6.67 Å². The molecule has 1 rings (SSSR count). The quantitative estimate of drug-likeness (QED) is 0.565. The molecule has 9 heavy (non-hydrogen) atoms. The van der Waals surface area contributed by atoms with Gasteiger partial charge in [-0.2, -0.15) is 5.26 Å². The van der Waals surface area contributed by atoms with Gasteiger partial charge < -0.3 is 5.73 Å². The van der Waals surface area contributed by atoms with Crippen molar-refractivity contribution in [2.75, 3.05) is 5.73 Å². The lowest BCUT2D eigenvalue weighted by Crippen LogP contribution is -1.87. The highest BCUT2D eigenvalue weighted by Crippen LogP contribution is 2.06. The molecule has 0 atom stereocenters. The van der Waals surface area contributed by atoms with Gasteiger partial charge in [0, 0.05) is 5.69 Å². The molecular weight excluding hydrogens is 112 g/mol. The maximum absolute atomic E-state index is 8.48. The predicted octanol–water partition coefficient (Wildman–Crippen LogP) is 1.14. The van der Waals surface area contributed by atoms with E-state index in [1.54, 1.807) is 24.3 Å². The van der Waals surface area contributed by atoms with Gasteiger partial charge in [-0.05, 0) is 12.1 Å². The fourth-order valence-electron chi connectivity index (χ4n) is 0.581. The Bertz CT molecular complexity index is 265. The van der Waals surface area contributed by atoms with E-state index in [0.717, 1.165) is 0 Å². The summed E-state index contributed by atoms with van der Waals surface area (Å²) in [5.41, 5.74) is 3.22. The number of hydrogen-bond acceptors (Lipinski definition) is 2. The summed E-state index contributed by atoms with van der Waals surface area (Å²) in [7, 11) is 0. The minimum atomic E-state index is 0.498. The molecule has 2 nitrogen and oxygen atoms in total. The highest BCUT2D eigenvalue weighted by atomic mass is 14.6. The zero-order valence-electron chi connectivity index (χ0n) is 5.76. The third-order valence-electron chi connectivity index (χ3n) is 1.05. The first kappa shape index (κ1) is 4.39. The fourth-order valence-corrected chi connectivity index (χ4v) is 0.581. The van der Waals surface area contributed by atoms with Crippen LogP contribution in [0.2, 0.25) is 1.41 Å². The first-order chi connectivity index (χ1) is 4.88. The second-order valence-corrected chi connectivity index (χ2v) is 1.66. The minimum absolute atomic E-state index is 0.498. The lowest BCUT2D eigenvalue weighted by molar-refractivity contribution is 1.48. The minimum Gasteiger partial charge on any atom is -0.398 e. The van der Waals surface area contributed by atoms with E-state index in [0.29, 0.717) is 11.3 Å². The summed E-state index contributed by atoms with van der Waals surface area (Å²) in [5, 5.41) is 8.48. The summed E-state index contributed by atoms with van der Waals surface area (Å²) in [6, 6.07) is 8.85. The van der Waals surface area contributed by atoms with Crippen molar-refractivity contribution in [1.29, 1.82) is 5.26 Å². The molecule has 2 N–H and O–H groups in total. The number of nitrogens with zero attached hydrogens (tertiary/aromatic N) is 1. The number of anilines is 1. The summed E-state index contributed by atoms with van der Waals surface area (Å²) < 4.78 is 6.79. The summed E-state index contributed by atoms with van der Waals surface area (Å²) in [5.74, 6) is 0. The van der Waals surface area contributed by atoms with Crippen molar-refractivity contribution >= 4 is 5.69 Å². The van der Waals surface area contributed by atoms with Gasteiger partial charge in [-0.25, -0.2) is 0 Å². The summed E-state index contributed by atoms with van der Waals surface area (Å²) in [6.45, 7) is 0. The first-order valence-corrected chi connectivity index (χ1v) is 2.55. The van der Waals surface area contributed by atoms with Crippen LogP contribution < -0.4 is 5.73 Å². The normalized spacial score (nSPS) is 9.44. The molecular formula is C7H6N2. The van der Waals surface area contributed by atoms with Crippen LogP contribution in [-0.2, 0) is 0 Å². The zero-order valence-corrected chi connectivity index (χ0v) is 4.76. The number of nitriles is 1. The van der Waals surface area contributed by atoms with Crippen LogP contribution in [0.4, 0.5) is 5.69 Å². The van der Waals surface area contributed by atoms with Gasteiger partial charge >= 0.3 is 0 Å². The van der Waals surface area contributed by atoms with Crippen molar-refractivity contribution in [2.45, 2.75) is 0 Å². The Morgan fingerprint density at radius 1 is 1.56 bits per heavy atom. The van der Waals surface area contributed by atoms with E-state index in [1.807, 2.05) is 6.07 Å². The van der Waals surface area contributed by atoms with Crippen LogP contribution >= 0.6 is 0 Å². The Kier molecular flexibility index (Phi) is 1.07. The summed E-state index contributed by atoms with van der Waals surface area (Å²) in [4.78, 5) is 0. The molecule has 44 valence electrons. The number of nitrogen functional groups attached to an aromatic ring is 1. The van der Waals surface area contributed by atoms with E-state index in [2.05, 4.69) is 5.73 Å². The lowest BCUT2D eigenvalue weighted by Gasteiger charge is -1.91. The molecule has 0 amide bonds. The van der Waals surface area contributed by atoms with Gasteiger partial charge in [0.05, 0.1) is 5.56 Å². The van der Waals surface area contributed by atoms with Crippen LogP contribution in [0.25, 0.3) is 0 Å². The zero-order chi connectivity index (χ0) is 7.40. The molecule has 0 aliphatic heterocycles. The monoisotopic (exact) mass is 120 g/mol. The molecule has 0 aliphatic rings. The molecule has 0 fully saturated rings. The van der Waals surface area contributed by atoms with Crippen LogP contribution in [0.3, 0.4) is 0 Å². The number of para-hydroxylation sites is 1. The van der Waals surface area contributed by atoms with Gasteiger partial charge in [0.15, 0.2) is 1.41 Å². The van der Waals surface area contributed by atoms with E-state index >= 15 is 0 Å². The van der Waals surface area contributed by atoms with Gasteiger partial charge in [-0.1, -0.05) is 12.1 Å². The third-order valence-corrected chi connectivity index (χ3v) is 1.05. The van der Waals surface area contributed by atoms with E-state index in [1.165, 1.54) is 0 Å². The average Bonchev–Trinajstić information content (AvgIpc) is 2.04. The van der Waals surface area contributed by atoms with Gasteiger partial charge in [0.25, 0.3) is 0 Å². The second kappa shape index (κ2) is 2.19. The van der Waals surface area contributed by atoms with Crippen LogP contribution in [0.15, 0.2) is 24.3 Å². The highest BCUT2D eigenvalue weighted by molar-refractivity contribution is 5.53. The first-order valence-electron chi connectivity index (χ1n) is 3.05. The number of rotatable bonds is 1. The van der Waals surface area contributed by atoms with Gasteiger partial charge in [0.2, 0.25) is 0 Å². The van der Waals surface area contributed by atoms with Crippen molar-refractivity contribution in [3.63, 3.8) is 0 Å². The topological polar surface area (TPSA) is 49.8 Å². The lowest BCUT2D eigenvalue weighted by atomic mass is 10.2. The van der Waals surface area contributed by atoms with Gasteiger partial charge in [-0.3, -0.25) is 0 Å². The Labute approximate surface area is 55.0 Å². The van der Waals surface area contributed by atoms with Crippen molar-refractivity contribution < 1.29 is 1.41 Å². The smallest absolute Gasteiger partial charge is 0.156 e. The van der Waals surface area contributed by atoms with Crippen LogP contribution in [-0.4, -0.2) is 0 Å². The number of nitrogens with two attached hydrogens (primary N) is 1. The predicted molar refractivity (Wildman–Crippen MR) is 35.6 cm³/mol. The third kappa shape index (κ3) is 1.000. The number of hydrogen-bond donors (Lipinski definition) is 1. The molecule has 0 bridgehead atoms. The highest BCUT2D eigenvalue weighted by Gasteiger charge is 1.90. The molecule has 0 spiro atoms. The molecule has 1 aromatic rings. The molecule has 0 saturated heterocycles. The van der Waals surface area contributed by atoms with Crippen LogP contribution in [0.5, 0.6) is 0 Å². The number of benzene rings is 1. The maximum atomic E-state index is 8.48. The standard InChI is InChI=1S/C7H6N2/c8-5-6-3-1-2-4-7(6)9/h1-4H,9H2/i/hT. The van der Waals surface area contributed by atoms with Gasteiger partial charge in [0.1, 0.15) is 6.07 Å². The molecule has 2 heteroatoms. The van der Waals surface area contributed by atoms with E-state index in [-0.39, 0.29) is 0 Å². The molecule has 0 radical (unpaired) electrons. The largest absolute Gasteiger partial charge is 0.398 e. The Morgan fingerprint density at radius 3 is 2.89 bits per heavy atom. The SMILES string of the molecule is [3H]Nc1ccccc1C#N. The van der Waals surface area contributed by atoms with Gasteiger partial charge in [-0.15, -0.1) is 0 Å². The fraction of sp³-hybridized carbons (Fsp3) is 0. The average molecular weight is 120 g/mol. The Balaban J connectivity index is 3.12. The van der Waals surface area contributed by atoms with E-state index < -0.39 is 0 Å². The molecule has 0 unspecified atom stereocenters. The molecule has 0 saturated carbocycles. The van der Waals surface area contributed by atoms with E-state index in [9.17, 15) is 0 Å². The van der Waals surface area contributed by atoms with Crippen LogP contribution in [0, 0.1) is 11.3 Å². The van der Waals surface area contributed by atoms with Crippen LogP contribution in [0.1, 0.15) is 5.56 Å². The van der Waals surface area contributed by atoms with Crippen molar-refractivity contribution in [3.8, 4) is 6.07 Å². The van der Waals surface area contributed by atoms with Crippen molar-refractivity contribution in [3.05, 3.63) is 29.8 Å². The second-order valence-electron chi connectivity index (χ2n) is 1.66. The molecule has 0 aromatic heterocycles. The summed E-state index contributed by atoms with van der Waals surface area (Å²) in [6.07, 6.45) is 0. The van der Waals surface area contributed by atoms with Crippen molar-refractivity contribution in [1.82, 2.24) is 0 Å². The molecule has 0 heterocycles. The Morgan fingerprint density at radius 2 is 2.33 bits per heavy atom. The summed E-state index contributed by atoms with van der Waals surface area (Å²) >= 11 is 0. The molecule has 1 aromatic carbocycles. The Hall–Kier alpha value is -1.49. The maximum Gasteiger partial charge on any atom is 0.156 e.